The molecule has 0 spiro atoms. The molecule has 0 atom stereocenters. The molecule has 1 N–H and O–H groups in total. The van der Waals surface area contributed by atoms with Crippen molar-refractivity contribution in [1.82, 2.24) is 0 Å². The van der Waals surface area contributed by atoms with Crippen LogP contribution in [0.4, 0.5) is 0 Å². The van der Waals surface area contributed by atoms with Gasteiger partial charge in [0.25, 0.3) is 0 Å². The van der Waals surface area contributed by atoms with E-state index in [1.807, 2.05) is 0 Å². The molecule has 0 aliphatic heterocycles. The molecule has 0 saturated heterocycles. The van der Waals surface area contributed by atoms with Gasteiger partial charge in [-0.2, -0.15) is 0 Å². The third kappa shape index (κ3) is 7.22. The van der Waals surface area contributed by atoms with Crippen molar-refractivity contribution < 1.29 is 9.90 Å². The fraction of sp³-hybridized carbons (Fsp3) is 0.364. The molecule has 0 radical (unpaired) electrons. The minimum absolute atomic E-state index is 0.0243. The lowest BCUT2D eigenvalue weighted by Crippen LogP contribution is -1.78. The van der Waals surface area contributed by atoms with Crippen molar-refractivity contribution in [1.29, 1.82) is 0 Å². The number of rotatable bonds is 2. The number of aryl methyl sites for hydroxylation is 2. The molecular weight excluding hydrogens is 164 g/mol. The highest BCUT2D eigenvalue weighted by Crippen LogP contribution is 1.99. The molecule has 0 unspecified atom stereocenters. The second-order valence-electron chi connectivity index (χ2n) is 2.83. The molecule has 1 aromatic carbocycles. The van der Waals surface area contributed by atoms with Crippen molar-refractivity contribution in [3.05, 3.63) is 35.4 Å². The summed E-state index contributed by atoms with van der Waals surface area (Å²) in [5.74, 6) is 0. The molecule has 0 aliphatic carbocycles. The summed E-state index contributed by atoms with van der Waals surface area (Å²) in [7, 11) is 0. The lowest BCUT2D eigenvalue weighted by molar-refractivity contribution is -0.108. The van der Waals surface area contributed by atoms with Gasteiger partial charge in [-0.1, -0.05) is 35.4 Å². The zero-order valence-corrected chi connectivity index (χ0v) is 8.16. The summed E-state index contributed by atoms with van der Waals surface area (Å²) in [6, 6.07) is 8.48. The molecule has 0 saturated carbocycles. The van der Waals surface area contributed by atoms with Gasteiger partial charge in [0.05, 0.1) is 0 Å². The summed E-state index contributed by atoms with van der Waals surface area (Å²) < 4.78 is 0. The molecule has 1 rings (SSSR count). The molecule has 72 valence electrons. The van der Waals surface area contributed by atoms with E-state index in [9.17, 15) is 4.79 Å². The van der Waals surface area contributed by atoms with Gasteiger partial charge in [0.15, 0.2) is 0 Å². The van der Waals surface area contributed by atoms with E-state index in [-0.39, 0.29) is 13.0 Å². The van der Waals surface area contributed by atoms with Crippen LogP contribution in [-0.4, -0.2) is 18.0 Å². The van der Waals surface area contributed by atoms with Gasteiger partial charge < -0.3 is 9.90 Å². The van der Waals surface area contributed by atoms with Crippen LogP contribution in [0.25, 0.3) is 0 Å². The van der Waals surface area contributed by atoms with Crippen LogP contribution in [0.3, 0.4) is 0 Å². The predicted molar refractivity (Wildman–Crippen MR) is 53.7 cm³/mol. The van der Waals surface area contributed by atoms with E-state index in [0.29, 0.717) is 6.29 Å². The second-order valence-corrected chi connectivity index (χ2v) is 2.83. The topological polar surface area (TPSA) is 37.3 Å². The largest absolute Gasteiger partial charge is 0.396 e. The van der Waals surface area contributed by atoms with Crippen LogP contribution < -0.4 is 0 Å². The van der Waals surface area contributed by atoms with Crippen molar-refractivity contribution in [3.8, 4) is 0 Å². The Balaban J connectivity index is 0.000000252. The summed E-state index contributed by atoms with van der Waals surface area (Å²) in [6.45, 7) is 4.17. The smallest absolute Gasteiger partial charge is 0.122 e. The van der Waals surface area contributed by atoms with Gasteiger partial charge in [-0.3, -0.25) is 0 Å². The standard InChI is InChI=1S/C8H10.C3H6O2/c1-7-3-5-8(2)6-4-7;4-2-1-3-5/h3-6H,1-2H3;2,5H,1,3H2. The van der Waals surface area contributed by atoms with Crippen LogP contribution in [0.5, 0.6) is 0 Å². The lowest BCUT2D eigenvalue weighted by atomic mass is 10.2. The van der Waals surface area contributed by atoms with Gasteiger partial charge in [-0.25, -0.2) is 0 Å². The van der Waals surface area contributed by atoms with Gasteiger partial charge in [-0.15, -0.1) is 0 Å². The Hall–Kier alpha value is -1.15. The Labute approximate surface area is 79.2 Å². The normalized spacial score (nSPS) is 8.54. The van der Waals surface area contributed by atoms with Crippen LogP contribution in [0, 0.1) is 13.8 Å². The van der Waals surface area contributed by atoms with Gasteiger partial charge in [0, 0.05) is 13.0 Å². The second kappa shape index (κ2) is 7.50. The molecule has 0 amide bonds. The van der Waals surface area contributed by atoms with Crippen molar-refractivity contribution in [2.75, 3.05) is 6.61 Å². The predicted octanol–water partition coefficient (Wildman–Crippen LogP) is 1.87. The Kier molecular flexibility index (Phi) is 6.83. The fourth-order valence-corrected chi connectivity index (χ4v) is 0.690. The van der Waals surface area contributed by atoms with E-state index >= 15 is 0 Å². The maximum Gasteiger partial charge on any atom is 0.122 e. The monoisotopic (exact) mass is 180 g/mol. The first-order valence-corrected chi connectivity index (χ1v) is 4.28. The highest BCUT2D eigenvalue weighted by molar-refractivity contribution is 5.49. The number of carbonyl (C=O) groups excluding carboxylic acids is 1. The first-order valence-electron chi connectivity index (χ1n) is 4.28. The minimum Gasteiger partial charge on any atom is -0.396 e. The van der Waals surface area contributed by atoms with E-state index in [1.54, 1.807) is 0 Å². The van der Waals surface area contributed by atoms with Gasteiger partial charge >= 0.3 is 0 Å². The molecular formula is C11H16O2. The zero-order chi connectivity index (χ0) is 10.1. The fourth-order valence-electron chi connectivity index (χ4n) is 0.690. The van der Waals surface area contributed by atoms with Crippen LogP contribution in [0.2, 0.25) is 0 Å². The van der Waals surface area contributed by atoms with E-state index in [0.717, 1.165) is 0 Å². The van der Waals surface area contributed by atoms with Crippen LogP contribution >= 0.6 is 0 Å². The summed E-state index contributed by atoms with van der Waals surface area (Å²) in [5.41, 5.74) is 2.66. The van der Waals surface area contributed by atoms with E-state index in [4.69, 9.17) is 5.11 Å². The Bertz CT molecular complexity index is 205. The number of benzene rings is 1. The average Bonchev–Trinajstić information content (AvgIpc) is 2.13. The van der Waals surface area contributed by atoms with Gasteiger partial charge in [-0.05, 0) is 13.8 Å². The molecule has 0 aromatic heterocycles. The van der Waals surface area contributed by atoms with E-state index in [2.05, 4.69) is 38.1 Å². The Morgan fingerprint density at radius 1 is 1.15 bits per heavy atom. The number of aldehydes is 1. The van der Waals surface area contributed by atoms with E-state index in [1.165, 1.54) is 11.1 Å². The molecule has 0 fully saturated rings. The lowest BCUT2D eigenvalue weighted by Gasteiger charge is -1.90. The maximum absolute atomic E-state index is 9.24. The highest BCUT2D eigenvalue weighted by atomic mass is 16.3. The first-order chi connectivity index (χ1) is 6.20. The van der Waals surface area contributed by atoms with Crippen molar-refractivity contribution in [2.24, 2.45) is 0 Å². The number of hydrogen-bond donors (Lipinski definition) is 1. The average molecular weight is 180 g/mol. The molecule has 0 aliphatic rings. The quantitative estimate of drug-likeness (QED) is 0.705. The van der Waals surface area contributed by atoms with Crippen LogP contribution in [0.15, 0.2) is 24.3 Å². The SMILES string of the molecule is Cc1ccc(C)cc1.O=CCCO. The van der Waals surface area contributed by atoms with Crippen molar-refractivity contribution in [3.63, 3.8) is 0 Å². The number of carbonyl (C=O) groups is 1. The maximum atomic E-state index is 9.24. The van der Waals surface area contributed by atoms with E-state index < -0.39 is 0 Å². The Morgan fingerprint density at radius 3 is 1.69 bits per heavy atom. The molecule has 13 heavy (non-hydrogen) atoms. The van der Waals surface area contributed by atoms with Gasteiger partial charge in [0.1, 0.15) is 6.29 Å². The number of aliphatic hydroxyl groups excluding tert-OH is 1. The summed E-state index contributed by atoms with van der Waals surface area (Å²) >= 11 is 0. The molecule has 2 nitrogen and oxygen atoms in total. The molecule has 0 bridgehead atoms. The third-order valence-electron chi connectivity index (χ3n) is 1.47. The zero-order valence-electron chi connectivity index (χ0n) is 8.16. The van der Waals surface area contributed by atoms with Gasteiger partial charge in [0.2, 0.25) is 0 Å². The minimum atomic E-state index is -0.0243. The summed E-state index contributed by atoms with van der Waals surface area (Å²) in [5, 5.41) is 7.84. The highest BCUT2D eigenvalue weighted by Gasteiger charge is 1.79. The van der Waals surface area contributed by atoms with Crippen molar-refractivity contribution in [2.45, 2.75) is 20.3 Å². The third-order valence-corrected chi connectivity index (χ3v) is 1.47. The number of aliphatic hydroxyl groups is 1. The Morgan fingerprint density at radius 2 is 1.54 bits per heavy atom. The molecule has 0 heterocycles. The first kappa shape index (κ1) is 11.8. The summed E-state index contributed by atoms with van der Waals surface area (Å²) in [4.78, 5) is 9.24. The van der Waals surface area contributed by atoms with Crippen LogP contribution in [0.1, 0.15) is 17.5 Å². The summed E-state index contributed by atoms with van der Waals surface area (Å²) in [6.07, 6.45) is 0.944. The molecule has 2 heteroatoms. The molecule has 1 aromatic rings. The van der Waals surface area contributed by atoms with Crippen LogP contribution in [-0.2, 0) is 4.79 Å². The number of hydrogen-bond acceptors (Lipinski definition) is 2. The van der Waals surface area contributed by atoms with Crippen molar-refractivity contribution >= 4 is 6.29 Å².